The Hall–Kier alpha value is -1.30. The molecule has 0 aromatic carbocycles. The average Bonchev–Trinajstić information content (AvgIpc) is 3.04. The molecule has 2 aliphatic rings. The van der Waals surface area contributed by atoms with Gasteiger partial charge in [-0.3, -0.25) is 4.79 Å². The van der Waals surface area contributed by atoms with E-state index in [2.05, 4.69) is 15.6 Å². The van der Waals surface area contributed by atoms with E-state index in [4.69, 9.17) is 0 Å². The number of carbonyl (C=O) groups is 1. The van der Waals surface area contributed by atoms with Crippen molar-refractivity contribution in [3.8, 4) is 0 Å². The molecule has 2 aliphatic heterocycles. The van der Waals surface area contributed by atoms with Crippen LogP contribution in [0, 0.1) is 0 Å². The van der Waals surface area contributed by atoms with Crippen LogP contribution in [0.15, 0.2) is 30.7 Å². The molecule has 2 fully saturated rings. The molecule has 0 spiro atoms. The maximum atomic E-state index is 12.3. The predicted octanol–water partition coefficient (Wildman–Crippen LogP) is 2.19. The van der Waals surface area contributed by atoms with E-state index in [0.29, 0.717) is 23.7 Å². The summed E-state index contributed by atoms with van der Waals surface area (Å²) in [6, 6.07) is 5.21. The van der Waals surface area contributed by atoms with E-state index >= 15 is 0 Å². The summed E-state index contributed by atoms with van der Waals surface area (Å²) in [4.78, 5) is 16.5. The zero-order valence-electron chi connectivity index (χ0n) is 12.1. The second kappa shape index (κ2) is 6.86. The van der Waals surface area contributed by atoms with Crippen molar-refractivity contribution in [1.29, 1.82) is 0 Å². The standard InChI is InChI=1S/C15H18N4O.2ClH/c20-15(10-1-4-14-16-5-6-19(14)9-10)18-13-7-11-2-3-12(8-13)17-11;;/h1,4-6,9,11-13,17H,2-3,7-8H2,(H,18,20);2*1H. The number of nitrogens with zero attached hydrogens (tertiary/aromatic N) is 2. The van der Waals surface area contributed by atoms with Gasteiger partial charge in [0.1, 0.15) is 5.65 Å². The molecule has 1 amide bonds. The number of piperidine rings is 1. The minimum absolute atomic E-state index is 0. The molecule has 2 aromatic heterocycles. The van der Waals surface area contributed by atoms with Crippen LogP contribution >= 0.6 is 24.8 Å². The van der Waals surface area contributed by atoms with E-state index in [1.54, 1.807) is 6.20 Å². The second-order valence-corrected chi connectivity index (χ2v) is 5.89. The molecule has 4 heterocycles. The lowest BCUT2D eigenvalue weighted by atomic mass is 9.99. The van der Waals surface area contributed by atoms with Crippen molar-refractivity contribution in [1.82, 2.24) is 20.0 Å². The molecule has 120 valence electrons. The quantitative estimate of drug-likeness (QED) is 0.879. The first-order valence-corrected chi connectivity index (χ1v) is 7.27. The third-order valence-electron chi connectivity index (χ3n) is 4.46. The number of halogens is 2. The predicted molar refractivity (Wildman–Crippen MR) is 90.1 cm³/mol. The maximum absolute atomic E-state index is 12.3. The zero-order chi connectivity index (χ0) is 13.5. The number of aromatic nitrogens is 2. The summed E-state index contributed by atoms with van der Waals surface area (Å²) in [5, 5.41) is 6.77. The van der Waals surface area contributed by atoms with Gasteiger partial charge in [-0.05, 0) is 37.8 Å². The summed E-state index contributed by atoms with van der Waals surface area (Å²) >= 11 is 0. The molecular weight excluding hydrogens is 323 g/mol. The van der Waals surface area contributed by atoms with Crippen LogP contribution in [0.5, 0.6) is 0 Å². The highest BCUT2D eigenvalue weighted by molar-refractivity contribution is 5.94. The molecule has 2 aromatic rings. The van der Waals surface area contributed by atoms with Crippen molar-refractivity contribution in [2.24, 2.45) is 0 Å². The van der Waals surface area contributed by atoms with E-state index in [1.807, 2.05) is 28.9 Å². The summed E-state index contributed by atoms with van der Waals surface area (Å²) in [5.74, 6) is 0.0203. The normalized spacial score (nSPS) is 26.1. The van der Waals surface area contributed by atoms with Crippen LogP contribution in [-0.2, 0) is 0 Å². The molecule has 7 heteroatoms. The highest BCUT2D eigenvalue weighted by Crippen LogP contribution is 2.26. The Morgan fingerprint density at radius 2 is 1.95 bits per heavy atom. The van der Waals surface area contributed by atoms with Gasteiger partial charge in [-0.25, -0.2) is 4.98 Å². The molecule has 0 aliphatic carbocycles. The number of hydrogen-bond acceptors (Lipinski definition) is 3. The summed E-state index contributed by atoms with van der Waals surface area (Å²) in [6.45, 7) is 0. The summed E-state index contributed by atoms with van der Waals surface area (Å²) < 4.78 is 1.88. The summed E-state index contributed by atoms with van der Waals surface area (Å²) in [5.41, 5.74) is 1.56. The minimum Gasteiger partial charge on any atom is -0.349 e. The summed E-state index contributed by atoms with van der Waals surface area (Å²) in [7, 11) is 0. The van der Waals surface area contributed by atoms with Crippen LogP contribution in [-0.4, -0.2) is 33.4 Å². The molecule has 2 unspecified atom stereocenters. The molecule has 5 nitrogen and oxygen atoms in total. The molecule has 0 radical (unpaired) electrons. The number of hydrogen-bond donors (Lipinski definition) is 2. The van der Waals surface area contributed by atoms with Gasteiger partial charge in [0.25, 0.3) is 5.91 Å². The first-order valence-electron chi connectivity index (χ1n) is 7.27. The number of amides is 1. The van der Waals surface area contributed by atoms with Crippen LogP contribution in [0.1, 0.15) is 36.0 Å². The van der Waals surface area contributed by atoms with Crippen molar-refractivity contribution in [2.75, 3.05) is 0 Å². The lowest BCUT2D eigenvalue weighted by molar-refractivity contribution is 0.0923. The lowest BCUT2D eigenvalue weighted by Gasteiger charge is -2.29. The molecule has 22 heavy (non-hydrogen) atoms. The lowest BCUT2D eigenvalue weighted by Crippen LogP contribution is -2.48. The largest absolute Gasteiger partial charge is 0.349 e. The van der Waals surface area contributed by atoms with Crippen LogP contribution in [0.2, 0.25) is 0 Å². The van der Waals surface area contributed by atoms with Gasteiger partial charge in [0.15, 0.2) is 0 Å². The fourth-order valence-electron chi connectivity index (χ4n) is 3.50. The Kier molecular flexibility index (Phi) is 5.32. The number of fused-ring (bicyclic) bond motifs is 3. The highest BCUT2D eigenvalue weighted by atomic mass is 35.5. The van der Waals surface area contributed by atoms with Crippen molar-refractivity contribution in [3.63, 3.8) is 0 Å². The Morgan fingerprint density at radius 3 is 2.68 bits per heavy atom. The van der Waals surface area contributed by atoms with Gasteiger partial charge >= 0.3 is 0 Å². The van der Waals surface area contributed by atoms with Crippen molar-refractivity contribution in [2.45, 2.75) is 43.8 Å². The molecule has 0 saturated carbocycles. The Labute approximate surface area is 141 Å². The first-order chi connectivity index (χ1) is 9.78. The van der Waals surface area contributed by atoms with Crippen molar-refractivity contribution in [3.05, 3.63) is 36.3 Å². The van der Waals surface area contributed by atoms with E-state index in [1.165, 1.54) is 12.8 Å². The Balaban J connectivity index is 0.000000882. The van der Waals surface area contributed by atoms with Crippen LogP contribution in [0.3, 0.4) is 0 Å². The van der Waals surface area contributed by atoms with E-state index in [9.17, 15) is 4.79 Å². The van der Waals surface area contributed by atoms with Gasteiger partial charge in [0, 0.05) is 36.7 Å². The fourth-order valence-corrected chi connectivity index (χ4v) is 3.50. The minimum atomic E-state index is 0. The molecule has 2 bridgehead atoms. The molecule has 2 saturated heterocycles. The summed E-state index contributed by atoms with van der Waals surface area (Å²) in [6.07, 6.45) is 10.0. The van der Waals surface area contributed by atoms with Crippen molar-refractivity contribution < 1.29 is 4.79 Å². The van der Waals surface area contributed by atoms with Gasteiger partial charge in [-0.2, -0.15) is 0 Å². The molecule has 2 atom stereocenters. The second-order valence-electron chi connectivity index (χ2n) is 5.89. The fraction of sp³-hybridized carbons (Fsp3) is 0.467. The van der Waals surface area contributed by atoms with Gasteiger partial charge < -0.3 is 15.0 Å². The number of imidazole rings is 1. The van der Waals surface area contributed by atoms with Crippen molar-refractivity contribution >= 4 is 36.4 Å². The third-order valence-corrected chi connectivity index (χ3v) is 4.46. The monoisotopic (exact) mass is 342 g/mol. The molecule has 2 N–H and O–H groups in total. The number of carbonyl (C=O) groups excluding carboxylic acids is 1. The topological polar surface area (TPSA) is 58.4 Å². The smallest absolute Gasteiger partial charge is 0.252 e. The maximum Gasteiger partial charge on any atom is 0.252 e. The number of pyridine rings is 1. The van der Waals surface area contributed by atoms with Crippen LogP contribution < -0.4 is 10.6 Å². The molecule has 4 rings (SSSR count). The van der Waals surface area contributed by atoms with E-state index < -0.39 is 0 Å². The SMILES string of the molecule is Cl.Cl.O=C(NC1CC2CCC(C1)N2)c1ccc2nccn2c1. The van der Waals surface area contributed by atoms with Gasteiger partial charge in [0.05, 0.1) is 5.56 Å². The number of nitrogens with one attached hydrogen (secondary N) is 2. The van der Waals surface area contributed by atoms with E-state index in [-0.39, 0.29) is 30.7 Å². The average molecular weight is 343 g/mol. The van der Waals surface area contributed by atoms with E-state index in [0.717, 1.165) is 18.5 Å². The Morgan fingerprint density at radius 1 is 1.23 bits per heavy atom. The highest BCUT2D eigenvalue weighted by Gasteiger charge is 2.34. The number of rotatable bonds is 2. The van der Waals surface area contributed by atoms with Gasteiger partial charge in [0.2, 0.25) is 0 Å². The first kappa shape index (κ1) is 17.1. The van der Waals surface area contributed by atoms with Gasteiger partial charge in [-0.15, -0.1) is 24.8 Å². The third kappa shape index (κ3) is 3.21. The van der Waals surface area contributed by atoms with Crippen LogP contribution in [0.25, 0.3) is 5.65 Å². The Bertz CT molecular complexity index is 648. The van der Waals surface area contributed by atoms with Crippen LogP contribution in [0.4, 0.5) is 0 Å². The molecular formula is C15H20Cl2N4O. The van der Waals surface area contributed by atoms with Gasteiger partial charge in [-0.1, -0.05) is 0 Å². The zero-order valence-corrected chi connectivity index (χ0v) is 13.7.